The second-order valence-corrected chi connectivity index (χ2v) is 9.92. The van der Waals surface area contributed by atoms with Crippen LogP contribution >= 0.6 is 0 Å². The van der Waals surface area contributed by atoms with Crippen LogP contribution in [0.15, 0.2) is 66.7 Å². The van der Waals surface area contributed by atoms with Gasteiger partial charge < -0.3 is 10.1 Å². The molecule has 2 heterocycles. The Kier molecular flexibility index (Phi) is 7.45. The second kappa shape index (κ2) is 10.7. The number of nitrogens with zero attached hydrogens (tertiary/aromatic N) is 3. The van der Waals surface area contributed by atoms with E-state index in [1.54, 1.807) is 24.3 Å². The van der Waals surface area contributed by atoms with Crippen LogP contribution in [-0.4, -0.2) is 40.2 Å². The molecule has 0 spiro atoms. The molecule has 0 bridgehead atoms. The van der Waals surface area contributed by atoms with E-state index >= 15 is 0 Å². The standard InChI is InChI=1S/C29H26F6N4O/c1-17-14-39(15-18(2)40-17)16-26-37-25-13-19(22-5-3-4-6-24(22)29(33,34)35)7-12-23(25)27(38-26)36-21-10-8-20(9-11-21)28(30,31)32/h3-13,17-18H,14-16H2,1-2H3,(H,36,37,38)/t17-,18+. The van der Waals surface area contributed by atoms with Gasteiger partial charge in [0.25, 0.3) is 0 Å². The number of halogens is 6. The quantitative estimate of drug-likeness (QED) is 0.254. The third-order valence-corrected chi connectivity index (χ3v) is 6.62. The fraction of sp³-hybridized carbons (Fsp3) is 0.310. The first kappa shape index (κ1) is 27.9. The van der Waals surface area contributed by atoms with Crippen molar-refractivity contribution in [1.29, 1.82) is 0 Å². The first-order valence-corrected chi connectivity index (χ1v) is 12.7. The minimum absolute atomic E-state index is 0.000535. The van der Waals surface area contributed by atoms with E-state index in [2.05, 4.69) is 20.2 Å². The Hall–Kier alpha value is -3.70. The Morgan fingerprint density at radius 3 is 2.17 bits per heavy atom. The van der Waals surface area contributed by atoms with Crippen molar-refractivity contribution < 1.29 is 31.1 Å². The molecular weight excluding hydrogens is 534 g/mol. The second-order valence-electron chi connectivity index (χ2n) is 9.92. The summed E-state index contributed by atoms with van der Waals surface area (Å²) in [6, 6.07) is 14.6. The highest BCUT2D eigenvalue weighted by Crippen LogP contribution is 2.38. The molecule has 1 fully saturated rings. The Morgan fingerprint density at radius 2 is 1.52 bits per heavy atom. The highest BCUT2D eigenvalue weighted by Gasteiger charge is 2.33. The smallest absolute Gasteiger partial charge is 0.373 e. The average Bonchev–Trinajstić information content (AvgIpc) is 2.87. The average molecular weight is 561 g/mol. The van der Waals surface area contributed by atoms with Gasteiger partial charge in [0, 0.05) is 24.2 Å². The molecule has 2 atom stereocenters. The molecule has 0 unspecified atom stereocenters. The summed E-state index contributed by atoms with van der Waals surface area (Å²) in [6.45, 7) is 5.58. The molecule has 210 valence electrons. The number of nitrogens with one attached hydrogen (secondary N) is 1. The van der Waals surface area contributed by atoms with Crippen LogP contribution in [0.3, 0.4) is 0 Å². The molecule has 40 heavy (non-hydrogen) atoms. The fourth-order valence-corrected chi connectivity index (χ4v) is 4.99. The predicted molar refractivity (Wildman–Crippen MR) is 140 cm³/mol. The Morgan fingerprint density at radius 1 is 0.850 bits per heavy atom. The number of benzene rings is 3. The zero-order valence-corrected chi connectivity index (χ0v) is 21.6. The minimum Gasteiger partial charge on any atom is -0.373 e. The largest absolute Gasteiger partial charge is 0.417 e. The zero-order chi connectivity index (χ0) is 28.7. The van der Waals surface area contributed by atoms with Gasteiger partial charge in [-0.05, 0) is 67.4 Å². The third-order valence-electron chi connectivity index (χ3n) is 6.62. The van der Waals surface area contributed by atoms with E-state index in [1.807, 2.05) is 13.8 Å². The maximum Gasteiger partial charge on any atom is 0.417 e. The SMILES string of the molecule is C[C@@H]1CN(Cc2nc(Nc3ccc(C(F)(F)F)cc3)c3ccc(-c4ccccc4C(F)(F)F)cc3n2)C[C@H](C)O1. The fourth-order valence-electron chi connectivity index (χ4n) is 4.99. The van der Waals surface area contributed by atoms with E-state index < -0.39 is 23.5 Å². The summed E-state index contributed by atoms with van der Waals surface area (Å²) in [7, 11) is 0. The highest BCUT2D eigenvalue weighted by molar-refractivity contribution is 5.93. The molecule has 0 amide bonds. The van der Waals surface area contributed by atoms with Gasteiger partial charge in [-0.1, -0.05) is 24.3 Å². The van der Waals surface area contributed by atoms with Gasteiger partial charge in [0.2, 0.25) is 0 Å². The first-order chi connectivity index (χ1) is 18.9. The molecular formula is C29H26F6N4O. The Balaban J connectivity index is 1.57. The number of fused-ring (bicyclic) bond motifs is 1. The van der Waals surface area contributed by atoms with Crippen molar-refractivity contribution in [1.82, 2.24) is 14.9 Å². The first-order valence-electron chi connectivity index (χ1n) is 12.7. The van der Waals surface area contributed by atoms with Crippen LogP contribution in [-0.2, 0) is 23.6 Å². The van der Waals surface area contributed by atoms with Gasteiger partial charge in [-0.15, -0.1) is 0 Å². The number of aromatic nitrogens is 2. The molecule has 5 nitrogen and oxygen atoms in total. The van der Waals surface area contributed by atoms with Crippen molar-refractivity contribution in [3.63, 3.8) is 0 Å². The Labute approximate surface area is 226 Å². The summed E-state index contributed by atoms with van der Waals surface area (Å²) < 4.78 is 86.1. The van der Waals surface area contributed by atoms with E-state index in [9.17, 15) is 26.3 Å². The van der Waals surface area contributed by atoms with Crippen molar-refractivity contribution in [2.75, 3.05) is 18.4 Å². The van der Waals surface area contributed by atoms with Crippen molar-refractivity contribution in [3.8, 4) is 11.1 Å². The van der Waals surface area contributed by atoms with Crippen molar-refractivity contribution in [2.45, 2.75) is 45.0 Å². The highest BCUT2D eigenvalue weighted by atomic mass is 19.4. The lowest BCUT2D eigenvalue weighted by Gasteiger charge is -2.34. The summed E-state index contributed by atoms with van der Waals surface area (Å²) in [5.74, 6) is 0.759. The van der Waals surface area contributed by atoms with Crippen LogP contribution in [0.4, 0.5) is 37.8 Å². The van der Waals surface area contributed by atoms with Gasteiger partial charge in [0.05, 0.1) is 35.4 Å². The normalized spacial score (nSPS) is 18.7. The van der Waals surface area contributed by atoms with Gasteiger partial charge in [-0.2, -0.15) is 26.3 Å². The van der Waals surface area contributed by atoms with E-state index in [0.717, 1.165) is 18.2 Å². The van der Waals surface area contributed by atoms with Gasteiger partial charge >= 0.3 is 12.4 Å². The molecule has 1 N–H and O–H groups in total. The molecule has 5 rings (SSSR count). The summed E-state index contributed by atoms with van der Waals surface area (Å²) in [6.07, 6.45) is -9.01. The van der Waals surface area contributed by atoms with E-state index in [0.29, 0.717) is 53.4 Å². The summed E-state index contributed by atoms with van der Waals surface area (Å²) in [4.78, 5) is 11.5. The molecule has 0 saturated carbocycles. The molecule has 11 heteroatoms. The van der Waals surface area contributed by atoms with Crippen molar-refractivity contribution in [2.24, 2.45) is 0 Å². The van der Waals surface area contributed by atoms with Crippen LogP contribution in [0.2, 0.25) is 0 Å². The molecule has 1 aliphatic heterocycles. The van der Waals surface area contributed by atoms with Gasteiger partial charge in [-0.3, -0.25) is 4.90 Å². The number of ether oxygens (including phenoxy) is 1. The van der Waals surface area contributed by atoms with Gasteiger partial charge in [-0.25, -0.2) is 9.97 Å². The molecule has 4 aromatic rings. The van der Waals surface area contributed by atoms with E-state index in [-0.39, 0.29) is 17.8 Å². The number of morpholine rings is 1. The lowest BCUT2D eigenvalue weighted by Crippen LogP contribution is -2.45. The molecule has 0 radical (unpaired) electrons. The van der Waals surface area contributed by atoms with E-state index in [1.165, 1.54) is 24.3 Å². The van der Waals surface area contributed by atoms with Crippen molar-refractivity contribution >= 4 is 22.4 Å². The maximum atomic E-state index is 13.7. The number of rotatable bonds is 5. The monoisotopic (exact) mass is 560 g/mol. The van der Waals surface area contributed by atoms with Crippen LogP contribution in [0.1, 0.15) is 30.8 Å². The lowest BCUT2D eigenvalue weighted by atomic mass is 9.98. The summed E-state index contributed by atoms with van der Waals surface area (Å²) in [5, 5.41) is 3.59. The van der Waals surface area contributed by atoms with Gasteiger partial charge in [0.1, 0.15) is 11.6 Å². The minimum atomic E-state index is -4.54. The number of hydrogen-bond donors (Lipinski definition) is 1. The summed E-state index contributed by atoms with van der Waals surface area (Å²) in [5.41, 5.74) is -0.413. The number of hydrogen-bond acceptors (Lipinski definition) is 5. The van der Waals surface area contributed by atoms with Crippen LogP contribution in [0.5, 0.6) is 0 Å². The molecule has 1 saturated heterocycles. The third kappa shape index (κ3) is 6.20. The number of anilines is 2. The topological polar surface area (TPSA) is 50.3 Å². The lowest BCUT2D eigenvalue weighted by molar-refractivity contribution is -0.138. The molecule has 1 aromatic heterocycles. The molecule has 3 aromatic carbocycles. The number of alkyl halides is 6. The van der Waals surface area contributed by atoms with Crippen LogP contribution in [0.25, 0.3) is 22.0 Å². The van der Waals surface area contributed by atoms with Gasteiger partial charge in [0.15, 0.2) is 0 Å². The zero-order valence-electron chi connectivity index (χ0n) is 21.6. The molecule has 0 aliphatic carbocycles. The van der Waals surface area contributed by atoms with Crippen LogP contribution < -0.4 is 5.32 Å². The Bertz CT molecular complexity index is 1490. The van der Waals surface area contributed by atoms with Crippen molar-refractivity contribution in [3.05, 3.63) is 83.7 Å². The summed E-state index contributed by atoms with van der Waals surface area (Å²) >= 11 is 0. The molecule has 1 aliphatic rings. The maximum absolute atomic E-state index is 13.7. The predicted octanol–water partition coefficient (Wildman–Crippen LogP) is 7.69. The van der Waals surface area contributed by atoms with Crippen LogP contribution in [0, 0.1) is 0 Å². The van der Waals surface area contributed by atoms with E-state index in [4.69, 9.17) is 4.74 Å².